The normalized spacial score (nSPS) is 15.4. The highest BCUT2D eigenvalue weighted by atomic mass is 16.3. The van der Waals surface area contributed by atoms with Gasteiger partial charge in [0.25, 0.3) is 0 Å². The zero-order chi connectivity index (χ0) is 9.90. The van der Waals surface area contributed by atoms with Crippen molar-refractivity contribution in [1.82, 2.24) is 0 Å². The smallest absolute Gasteiger partial charge is 0.0650 e. The molecule has 13 heavy (non-hydrogen) atoms. The second kappa shape index (κ2) is 3.90. The molecule has 1 rings (SSSR count). The lowest BCUT2D eigenvalue weighted by atomic mass is 9.89. The molecule has 0 aliphatic carbocycles. The molecule has 0 aromatic heterocycles. The van der Waals surface area contributed by atoms with Gasteiger partial charge in [0.2, 0.25) is 0 Å². The summed E-state index contributed by atoms with van der Waals surface area (Å²) < 4.78 is 0. The van der Waals surface area contributed by atoms with Crippen LogP contribution in [-0.2, 0) is 12.0 Å². The third-order valence-corrected chi connectivity index (χ3v) is 2.34. The van der Waals surface area contributed by atoms with Gasteiger partial charge in [-0.15, -0.1) is 0 Å². The van der Waals surface area contributed by atoms with E-state index in [4.69, 9.17) is 10.8 Å². The largest absolute Gasteiger partial charge is 0.394 e. The molecular weight excluding hydrogens is 162 g/mol. The van der Waals surface area contributed by atoms with Crippen molar-refractivity contribution in [1.29, 1.82) is 0 Å². The van der Waals surface area contributed by atoms with Gasteiger partial charge in [-0.1, -0.05) is 31.2 Å². The van der Waals surface area contributed by atoms with Crippen LogP contribution in [0.25, 0.3) is 0 Å². The van der Waals surface area contributed by atoms with Crippen LogP contribution in [-0.4, -0.2) is 11.7 Å². The Morgan fingerprint density at radius 1 is 1.38 bits per heavy atom. The molecule has 0 radical (unpaired) electrons. The van der Waals surface area contributed by atoms with Crippen LogP contribution in [0, 0.1) is 0 Å². The number of nitrogens with two attached hydrogens (primary N) is 1. The van der Waals surface area contributed by atoms with Crippen LogP contribution in [0.4, 0.5) is 0 Å². The maximum absolute atomic E-state index is 9.14. The summed E-state index contributed by atoms with van der Waals surface area (Å²) in [5.74, 6) is 0. The van der Waals surface area contributed by atoms with Gasteiger partial charge >= 0.3 is 0 Å². The molecule has 2 nitrogen and oxygen atoms in total. The molecular formula is C11H17NO. The topological polar surface area (TPSA) is 46.2 Å². The monoisotopic (exact) mass is 179 g/mol. The van der Waals surface area contributed by atoms with Gasteiger partial charge in [0.1, 0.15) is 0 Å². The molecule has 0 bridgehead atoms. The number of rotatable bonds is 3. The minimum atomic E-state index is -0.618. The summed E-state index contributed by atoms with van der Waals surface area (Å²) in [5.41, 5.74) is 7.60. The SMILES string of the molecule is CCc1ccccc1C(C)(N)CO. The van der Waals surface area contributed by atoms with E-state index >= 15 is 0 Å². The van der Waals surface area contributed by atoms with Crippen LogP contribution in [0.3, 0.4) is 0 Å². The predicted molar refractivity (Wildman–Crippen MR) is 54.4 cm³/mol. The standard InChI is InChI=1S/C11H17NO/c1-3-9-6-4-5-7-10(9)11(2,12)8-13/h4-7,13H,3,8,12H2,1-2H3. The van der Waals surface area contributed by atoms with Crippen LogP contribution >= 0.6 is 0 Å². The fourth-order valence-corrected chi connectivity index (χ4v) is 1.47. The Morgan fingerprint density at radius 3 is 2.54 bits per heavy atom. The summed E-state index contributed by atoms with van der Waals surface area (Å²) in [7, 11) is 0. The summed E-state index contributed by atoms with van der Waals surface area (Å²) in [5, 5.41) is 9.14. The molecule has 1 unspecified atom stereocenters. The summed E-state index contributed by atoms with van der Waals surface area (Å²) in [6.07, 6.45) is 0.947. The second-order valence-corrected chi connectivity index (χ2v) is 3.59. The number of benzene rings is 1. The summed E-state index contributed by atoms with van der Waals surface area (Å²) in [6, 6.07) is 7.98. The summed E-state index contributed by atoms with van der Waals surface area (Å²) >= 11 is 0. The van der Waals surface area contributed by atoms with Crippen molar-refractivity contribution < 1.29 is 5.11 Å². The average Bonchev–Trinajstić information content (AvgIpc) is 2.18. The first-order chi connectivity index (χ1) is 6.11. The number of aryl methyl sites for hydroxylation is 1. The molecule has 1 aromatic rings. The molecule has 1 atom stereocenters. The highest BCUT2D eigenvalue weighted by Crippen LogP contribution is 2.21. The summed E-state index contributed by atoms with van der Waals surface area (Å²) in [4.78, 5) is 0. The highest BCUT2D eigenvalue weighted by Gasteiger charge is 2.21. The zero-order valence-electron chi connectivity index (χ0n) is 8.25. The number of aliphatic hydroxyl groups is 1. The maximum Gasteiger partial charge on any atom is 0.0650 e. The number of hydrogen-bond acceptors (Lipinski definition) is 2. The lowest BCUT2D eigenvalue weighted by Gasteiger charge is -2.24. The molecule has 0 saturated carbocycles. The van der Waals surface area contributed by atoms with E-state index in [1.54, 1.807) is 0 Å². The van der Waals surface area contributed by atoms with Gasteiger partial charge in [-0.3, -0.25) is 0 Å². The first-order valence-corrected chi connectivity index (χ1v) is 4.60. The first kappa shape index (κ1) is 10.2. The van der Waals surface area contributed by atoms with E-state index in [0.717, 1.165) is 12.0 Å². The Hall–Kier alpha value is -0.860. The molecule has 0 spiro atoms. The fourth-order valence-electron chi connectivity index (χ4n) is 1.47. The van der Waals surface area contributed by atoms with E-state index in [9.17, 15) is 0 Å². The van der Waals surface area contributed by atoms with Crippen LogP contribution < -0.4 is 5.73 Å². The molecule has 0 heterocycles. The van der Waals surface area contributed by atoms with Crippen LogP contribution in [0.2, 0.25) is 0 Å². The van der Waals surface area contributed by atoms with E-state index in [1.165, 1.54) is 5.56 Å². The third-order valence-electron chi connectivity index (χ3n) is 2.34. The van der Waals surface area contributed by atoms with Crippen molar-refractivity contribution in [2.24, 2.45) is 5.73 Å². The number of hydrogen-bond donors (Lipinski definition) is 2. The molecule has 3 N–H and O–H groups in total. The van der Waals surface area contributed by atoms with Gasteiger partial charge in [-0.25, -0.2) is 0 Å². The molecule has 72 valence electrons. The van der Waals surface area contributed by atoms with Crippen molar-refractivity contribution >= 4 is 0 Å². The van der Waals surface area contributed by atoms with Crippen LogP contribution in [0.1, 0.15) is 25.0 Å². The molecule has 0 aliphatic rings. The molecule has 0 amide bonds. The minimum absolute atomic E-state index is 0.0238. The lowest BCUT2D eigenvalue weighted by Crippen LogP contribution is -2.37. The van der Waals surface area contributed by atoms with E-state index in [-0.39, 0.29) is 6.61 Å². The highest BCUT2D eigenvalue weighted by molar-refractivity contribution is 5.33. The maximum atomic E-state index is 9.14. The second-order valence-electron chi connectivity index (χ2n) is 3.59. The van der Waals surface area contributed by atoms with Gasteiger partial charge < -0.3 is 10.8 Å². The van der Waals surface area contributed by atoms with Gasteiger partial charge in [0, 0.05) is 0 Å². The van der Waals surface area contributed by atoms with Crippen LogP contribution in [0.5, 0.6) is 0 Å². The molecule has 0 fully saturated rings. The third kappa shape index (κ3) is 2.08. The Morgan fingerprint density at radius 2 is 2.00 bits per heavy atom. The molecule has 1 aromatic carbocycles. The number of aliphatic hydroxyl groups excluding tert-OH is 1. The molecule has 0 saturated heterocycles. The average molecular weight is 179 g/mol. The fraction of sp³-hybridized carbons (Fsp3) is 0.455. The van der Waals surface area contributed by atoms with Gasteiger partial charge in [-0.2, -0.15) is 0 Å². The summed E-state index contributed by atoms with van der Waals surface area (Å²) in [6.45, 7) is 3.91. The molecule has 2 heteroatoms. The quantitative estimate of drug-likeness (QED) is 0.737. The van der Waals surface area contributed by atoms with Crippen molar-refractivity contribution in [3.63, 3.8) is 0 Å². The van der Waals surface area contributed by atoms with Gasteiger partial charge in [-0.05, 0) is 24.5 Å². The Labute approximate surface area is 79.4 Å². The van der Waals surface area contributed by atoms with E-state index in [2.05, 4.69) is 13.0 Å². The van der Waals surface area contributed by atoms with Crippen molar-refractivity contribution in [2.45, 2.75) is 25.8 Å². The Kier molecular flexibility index (Phi) is 3.07. The van der Waals surface area contributed by atoms with E-state index in [1.807, 2.05) is 25.1 Å². The van der Waals surface area contributed by atoms with Gasteiger partial charge in [0.05, 0.1) is 12.1 Å². The predicted octanol–water partition coefficient (Wildman–Crippen LogP) is 1.42. The Bertz CT molecular complexity index is 281. The molecule has 0 aliphatic heterocycles. The van der Waals surface area contributed by atoms with E-state index in [0.29, 0.717) is 0 Å². The van der Waals surface area contributed by atoms with Gasteiger partial charge in [0.15, 0.2) is 0 Å². The van der Waals surface area contributed by atoms with Crippen molar-refractivity contribution in [2.75, 3.05) is 6.61 Å². The zero-order valence-corrected chi connectivity index (χ0v) is 8.25. The lowest BCUT2D eigenvalue weighted by molar-refractivity contribution is 0.209. The Balaban J connectivity index is 3.12. The first-order valence-electron chi connectivity index (χ1n) is 4.60. The van der Waals surface area contributed by atoms with Crippen molar-refractivity contribution in [3.8, 4) is 0 Å². The van der Waals surface area contributed by atoms with Crippen molar-refractivity contribution in [3.05, 3.63) is 35.4 Å². The van der Waals surface area contributed by atoms with Crippen LogP contribution in [0.15, 0.2) is 24.3 Å². The minimum Gasteiger partial charge on any atom is -0.394 e. The van der Waals surface area contributed by atoms with E-state index < -0.39 is 5.54 Å².